The number of rotatable bonds is 4. The van der Waals surface area contributed by atoms with Gasteiger partial charge in [0.05, 0.1) is 10.6 Å². The molecule has 1 fully saturated rings. The number of aryl methyl sites for hydroxylation is 1. The molecule has 0 N–H and O–H groups in total. The van der Waals surface area contributed by atoms with Crippen LogP contribution in [0.3, 0.4) is 0 Å². The van der Waals surface area contributed by atoms with Crippen LogP contribution in [0.2, 0.25) is 0 Å². The second-order valence-corrected chi connectivity index (χ2v) is 6.17. The Kier molecular flexibility index (Phi) is 4.28. The average molecular weight is 311 g/mol. The van der Waals surface area contributed by atoms with Gasteiger partial charge >= 0.3 is 0 Å². The van der Waals surface area contributed by atoms with Gasteiger partial charge in [0.25, 0.3) is 5.69 Å². The van der Waals surface area contributed by atoms with Gasteiger partial charge in [-0.1, -0.05) is 12.8 Å². The zero-order valence-corrected chi connectivity index (χ0v) is 13.5. The van der Waals surface area contributed by atoms with E-state index in [0.29, 0.717) is 6.04 Å². The Balaban J connectivity index is 1.82. The average Bonchev–Trinajstić information content (AvgIpc) is 3.14. The molecule has 0 aliphatic heterocycles. The van der Waals surface area contributed by atoms with E-state index in [2.05, 4.69) is 29.5 Å². The SMILES string of the molecule is Cc1cc(C=Nc2ccc([N+](=O)[O-])cc2)c(C)n1C1CCCC1. The molecule has 1 aromatic carbocycles. The molecule has 1 saturated carbocycles. The largest absolute Gasteiger partial charge is 0.345 e. The summed E-state index contributed by atoms with van der Waals surface area (Å²) in [6.07, 6.45) is 7.00. The second kappa shape index (κ2) is 6.36. The molecule has 1 heterocycles. The maximum Gasteiger partial charge on any atom is 0.269 e. The minimum atomic E-state index is -0.400. The summed E-state index contributed by atoms with van der Waals surface area (Å²) in [7, 11) is 0. The fourth-order valence-electron chi connectivity index (χ4n) is 3.46. The lowest BCUT2D eigenvalue weighted by molar-refractivity contribution is -0.384. The number of aromatic nitrogens is 1. The van der Waals surface area contributed by atoms with Crippen molar-refractivity contribution in [3.05, 3.63) is 57.4 Å². The predicted octanol–water partition coefficient (Wildman–Crippen LogP) is 4.88. The summed E-state index contributed by atoms with van der Waals surface area (Å²) in [5, 5.41) is 10.7. The molecular weight excluding hydrogens is 290 g/mol. The molecular formula is C18H21N3O2. The van der Waals surface area contributed by atoms with Crippen molar-refractivity contribution in [1.82, 2.24) is 4.57 Å². The van der Waals surface area contributed by atoms with Gasteiger partial charge in [-0.05, 0) is 44.9 Å². The van der Waals surface area contributed by atoms with Crippen LogP contribution in [0.1, 0.15) is 48.7 Å². The van der Waals surface area contributed by atoms with Crippen LogP contribution in [0.15, 0.2) is 35.3 Å². The molecule has 0 radical (unpaired) electrons. The van der Waals surface area contributed by atoms with Gasteiger partial charge in [0.1, 0.15) is 0 Å². The Hall–Kier alpha value is -2.43. The van der Waals surface area contributed by atoms with Crippen molar-refractivity contribution in [3.8, 4) is 0 Å². The van der Waals surface area contributed by atoms with E-state index in [-0.39, 0.29) is 5.69 Å². The van der Waals surface area contributed by atoms with Crippen LogP contribution < -0.4 is 0 Å². The number of hydrogen-bond donors (Lipinski definition) is 0. The molecule has 2 aromatic rings. The zero-order chi connectivity index (χ0) is 16.4. The second-order valence-electron chi connectivity index (χ2n) is 6.17. The summed E-state index contributed by atoms with van der Waals surface area (Å²) in [4.78, 5) is 14.7. The third-order valence-corrected chi connectivity index (χ3v) is 4.63. The van der Waals surface area contributed by atoms with Gasteiger partial charge in [0.15, 0.2) is 0 Å². The number of benzene rings is 1. The lowest BCUT2D eigenvalue weighted by Gasteiger charge is -2.17. The van der Waals surface area contributed by atoms with E-state index in [4.69, 9.17) is 0 Å². The first-order chi connectivity index (χ1) is 11.1. The smallest absolute Gasteiger partial charge is 0.269 e. The number of hydrogen-bond acceptors (Lipinski definition) is 3. The van der Waals surface area contributed by atoms with Crippen molar-refractivity contribution in [1.29, 1.82) is 0 Å². The minimum absolute atomic E-state index is 0.0864. The molecule has 0 atom stereocenters. The van der Waals surface area contributed by atoms with Gasteiger partial charge in [-0.25, -0.2) is 0 Å². The number of nitro benzene ring substituents is 1. The third-order valence-electron chi connectivity index (χ3n) is 4.63. The molecule has 0 spiro atoms. The Morgan fingerprint density at radius 1 is 1.22 bits per heavy atom. The summed E-state index contributed by atoms with van der Waals surface area (Å²) in [5.41, 5.74) is 4.46. The standard InChI is InChI=1S/C18H21N3O2/c1-13-11-15(14(2)20(13)17-5-3-4-6-17)12-19-16-7-9-18(10-8-16)21(22)23/h7-12,17H,3-6H2,1-2H3. The first-order valence-electron chi connectivity index (χ1n) is 8.03. The van der Waals surface area contributed by atoms with Crippen molar-refractivity contribution in [2.24, 2.45) is 4.99 Å². The summed E-state index contributed by atoms with van der Waals surface area (Å²) < 4.78 is 2.43. The molecule has 1 aliphatic carbocycles. The lowest BCUT2D eigenvalue weighted by Crippen LogP contribution is -2.08. The highest BCUT2D eigenvalue weighted by Crippen LogP contribution is 2.33. The van der Waals surface area contributed by atoms with E-state index in [1.807, 2.05) is 6.21 Å². The van der Waals surface area contributed by atoms with Gasteiger partial charge in [0.2, 0.25) is 0 Å². The fourth-order valence-corrected chi connectivity index (χ4v) is 3.46. The molecule has 5 nitrogen and oxygen atoms in total. The number of non-ortho nitro benzene ring substituents is 1. The van der Waals surface area contributed by atoms with E-state index >= 15 is 0 Å². The van der Waals surface area contributed by atoms with E-state index in [0.717, 1.165) is 11.3 Å². The maximum atomic E-state index is 10.7. The number of nitro groups is 1. The van der Waals surface area contributed by atoms with Crippen molar-refractivity contribution in [2.75, 3.05) is 0 Å². The Morgan fingerprint density at radius 3 is 2.48 bits per heavy atom. The van der Waals surface area contributed by atoms with Crippen LogP contribution in [0, 0.1) is 24.0 Å². The normalized spacial score (nSPS) is 15.6. The van der Waals surface area contributed by atoms with Gasteiger partial charge in [0, 0.05) is 41.3 Å². The number of aliphatic imine (C=N–C) groups is 1. The van der Waals surface area contributed by atoms with Gasteiger partial charge in [-0.15, -0.1) is 0 Å². The first kappa shape index (κ1) is 15.5. The van der Waals surface area contributed by atoms with Gasteiger partial charge in [-0.3, -0.25) is 15.1 Å². The summed E-state index contributed by atoms with van der Waals surface area (Å²) in [6, 6.07) is 9.10. The molecule has 5 heteroatoms. The van der Waals surface area contributed by atoms with Crippen molar-refractivity contribution in [2.45, 2.75) is 45.6 Å². The first-order valence-corrected chi connectivity index (χ1v) is 8.03. The van der Waals surface area contributed by atoms with Crippen LogP contribution in [-0.4, -0.2) is 15.7 Å². The van der Waals surface area contributed by atoms with Crippen molar-refractivity contribution < 1.29 is 4.92 Å². The highest BCUT2D eigenvalue weighted by molar-refractivity contribution is 5.84. The highest BCUT2D eigenvalue weighted by Gasteiger charge is 2.20. The van der Waals surface area contributed by atoms with Crippen LogP contribution in [0.5, 0.6) is 0 Å². The molecule has 0 saturated heterocycles. The highest BCUT2D eigenvalue weighted by atomic mass is 16.6. The Labute approximate surface area is 135 Å². The van der Waals surface area contributed by atoms with E-state index in [1.54, 1.807) is 12.1 Å². The molecule has 1 aliphatic rings. The molecule has 0 bridgehead atoms. The quantitative estimate of drug-likeness (QED) is 0.459. The lowest BCUT2D eigenvalue weighted by atomic mass is 10.2. The van der Waals surface area contributed by atoms with E-state index in [9.17, 15) is 10.1 Å². The summed E-state index contributed by atoms with van der Waals surface area (Å²) >= 11 is 0. The Bertz CT molecular complexity index is 738. The van der Waals surface area contributed by atoms with Crippen molar-refractivity contribution in [3.63, 3.8) is 0 Å². The predicted molar refractivity (Wildman–Crippen MR) is 91.8 cm³/mol. The molecule has 0 unspecified atom stereocenters. The molecule has 0 amide bonds. The molecule has 120 valence electrons. The van der Waals surface area contributed by atoms with E-state index < -0.39 is 4.92 Å². The topological polar surface area (TPSA) is 60.4 Å². The monoisotopic (exact) mass is 311 g/mol. The zero-order valence-electron chi connectivity index (χ0n) is 13.5. The van der Waals surface area contributed by atoms with Gasteiger partial charge < -0.3 is 4.57 Å². The maximum absolute atomic E-state index is 10.7. The van der Waals surface area contributed by atoms with Crippen LogP contribution in [0.25, 0.3) is 0 Å². The molecule has 23 heavy (non-hydrogen) atoms. The van der Waals surface area contributed by atoms with Gasteiger partial charge in [-0.2, -0.15) is 0 Å². The molecule has 3 rings (SSSR count). The third kappa shape index (κ3) is 3.18. The van der Waals surface area contributed by atoms with Crippen LogP contribution in [0.4, 0.5) is 11.4 Å². The van der Waals surface area contributed by atoms with Crippen LogP contribution >= 0.6 is 0 Å². The fraction of sp³-hybridized carbons (Fsp3) is 0.389. The van der Waals surface area contributed by atoms with E-state index in [1.165, 1.54) is 49.2 Å². The summed E-state index contributed by atoms with van der Waals surface area (Å²) in [6.45, 7) is 4.29. The van der Waals surface area contributed by atoms with Crippen LogP contribution in [-0.2, 0) is 0 Å². The molecule has 1 aromatic heterocycles. The summed E-state index contributed by atoms with van der Waals surface area (Å²) in [5.74, 6) is 0. The Morgan fingerprint density at radius 2 is 1.87 bits per heavy atom. The minimum Gasteiger partial charge on any atom is -0.345 e. The number of nitrogens with zero attached hydrogens (tertiary/aromatic N) is 3. The van der Waals surface area contributed by atoms with Crippen molar-refractivity contribution >= 4 is 17.6 Å².